The Hall–Kier alpha value is -2.98. The van der Waals surface area contributed by atoms with Crippen molar-refractivity contribution in [3.8, 4) is 0 Å². The second-order valence-electron chi connectivity index (χ2n) is 6.06. The molecule has 0 saturated carbocycles. The van der Waals surface area contributed by atoms with E-state index >= 15 is 0 Å². The summed E-state index contributed by atoms with van der Waals surface area (Å²) in [6, 6.07) is 9.68. The second kappa shape index (κ2) is 7.56. The quantitative estimate of drug-likeness (QED) is 0.381. The van der Waals surface area contributed by atoms with Crippen LogP contribution in [-0.4, -0.2) is 24.5 Å². The lowest BCUT2D eigenvalue weighted by molar-refractivity contribution is 0.727. The minimum absolute atomic E-state index is 0.0560. The molecular formula is C18H17N7OS2. The molecule has 0 saturated heterocycles. The van der Waals surface area contributed by atoms with Gasteiger partial charge in [0.05, 0.1) is 11.3 Å². The van der Waals surface area contributed by atoms with E-state index < -0.39 is 0 Å². The predicted molar refractivity (Wildman–Crippen MR) is 113 cm³/mol. The summed E-state index contributed by atoms with van der Waals surface area (Å²) >= 11 is 2.77. The molecule has 10 heteroatoms. The summed E-state index contributed by atoms with van der Waals surface area (Å²) in [7, 11) is 1.71. The van der Waals surface area contributed by atoms with Crippen molar-refractivity contribution in [2.75, 3.05) is 11.1 Å². The third-order valence-electron chi connectivity index (χ3n) is 4.07. The number of aromatic nitrogens is 5. The molecule has 0 amide bonds. The predicted octanol–water partition coefficient (Wildman–Crippen LogP) is 3.11. The maximum absolute atomic E-state index is 12.4. The van der Waals surface area contributed by atoms with E-state index in [1.54, 1.807) is 11.6 Å². The molecule has 0 spiro atoms. The number of nitrogens with one attached hydrogen (secondary N) is 1. The Morgan fingerprint density at radius 2 is 2.00 bits per heavy atom. The summed E-state index contributed by atoms with van der Waals surface area (Å²) in [6.45, 7) is 2.00. The van der Waals surface area contributed by atoms with Crippen LogP contribution in [0.3, 0.4) is 0 Å². The molecule has 3 heterocycles. The fraction of sp³-hybridized carbons (Fsp3) is 0.167. The van der Waals surface area contributed by atoms with Gasteiger partial charge >= 0.3 is 0 Å². The van der Waals surface area contributed by atoms with E-state index in [0.29, 0.717) is 32.9 Å². The van der Waals surface area contributed by atoms with Crippen molar-refractivity contribution in [2.45, 2.75) is 17.8 Å². The van der Waals surface area contributed by atoms with Crippen molar-refractivity contribution >= 4 is 50.9 Å². The van der Waals surface area contributed by atoms with Crippen molar-refractivity contribution in [3.05, 3.63) is 57.5 Å². The number of nitrogens with zero attached hydrogens (tertiary/aromatic N) is 5. The molecule has 4 aromatic rings. The average molecular weight is 412 g/mol. The molecule has 0 bridgehead atoms. The lowest BCUT2D eigenvalue weighted by Crippen LogP contribution is -2.19. The van der Waals surface area contributed by atoms with E-state index in [9.17, 15) is 4.79 Å². The van der Waals surface area contributed by atoms with Gasteiger partial charge in [-0.25, -0.2) is 4.98 Å². The van der Waals surface area contributed by atoms with Crippen molar-refractivity contribution in [1.82, 2.24) is 24.5 Å². The highest BCUT2D eigenvalue weighted by Gasteiger charge is 2.12. The smallest absolute Gasteiger partial charge is 0.271 e. The Labute approximate surface area is 168 Å². The molecule has 0 fully saturated rings. The Bertz CT molecular complexity index is 1220. The first-order valence-electron chi connectivity index (χ1n) is 8.41. The molecule has 0 unspecified atom stereocenters. The fourth-order valence-electron chi connectivity index (χ4n) is 2.62. The lowest BCUT2D eigenvalue weighted by Gasteiger charge is -2.10. The van der Waals surface area contributed by atoms with Gasteiger partial charge in [-0.1, -0.05) is 30.0 Å². The summed E-state index contributed by atoms with van der Waals surface area (Å²) in [5, 5.41) is 5.64. The van der Waals surface area contributed by atoms with Crippen LogP contribution in [0.1, 0.15) is 11.4 Å². The Kier molecular flexibility index (Phi) is 4.97. The number of para-hydroxylation sites is 1. The SMILES string of the molecule is Cc1ccccc1Nc1nc(N)nc(CSc2nc3ccsc3c(=O)n2C)n1. The number of nitrogens with two attached hydrogens (primary N) is 1. The normalized spacial score (nSPS) is 11.1. The van der Waals surface area contributed by atoms with Gasteiger partial charge in [-0.15, -0.1) is 11.3 Å². The number of aryl methyl sites for hydroxylation is 1. The van der Waals surface area contributed by atoms with Crippen LogP contribution in [0, 0.1) is 6.92 Å². The lowest BCUT2D eigenvalue weighted by atomic mass is 10.2. The van der Waals surface area contributed by atoms with Gasteiger partial charge in [0, 0.05) is 12.7 Å². The molecule has 0 radical (unpaired) electrons. The zero-order valence-electron chi connectivity index (χ0n) is 15.2. The van der Waals surface area contributed by atoms with Crippen molar-refractivity contribution in [2.24, 2.45) is 7.05 Å². The van der Waals surface area contributed by atoms with Gasteiger partial charge in [0.15, 0.2) is 5.16 Å². The molecular weight excluding hydrogens is 394 g/mol. The van der Waals surface area contributed by atoms with Crippen LogP contribution in [-0.2, 0) is 12.8 Å². The van der Waals surface area contributed by atoms with Gasteiger partial charge < -0.3 is 11.1 Å². The monoisotopic (exact) mass is 411 g/mol. The number of nitrogen functional groups attached to an aromatic ring is 1. The van der Waals surface area contributed by atoms with E-state index in [2.05, 4.69) is 25.3 Å². The number of hydrogen-bond acceptors (Lipinski definition) is 9. The van der Waals surface area contributed by atoms with Crippen molar-refractivity contribution in [3.63, 3.8) is 0 Å². The van der Waals surface area contributed by atoms with Crippen molar-refractivity contribution < 1.29 is 0 Å². The van der Waals surface area contributed by atoms with Crippen LogP contribution in [0.4, 0.5) is 17.6 Å². The number of fused-ring (bicyclic) bond motifs is 1. The zero-order chi connectivity index (χ0) is 19.7. The van der Waals surface area contributed by atoms with Gasteiger partial charge in [-0.2, -0.15) is 15.0 Å². The molecule has 0 aliphatic carbocycles. The van der Waals surface area contributed by atoms with Crippen LogP contribution in [0.25, 0.3) is 10.2 Å². The summed E-state index contributed by atoms with van der Waals surface area (Å²) in [4.78, 5) is 29.8. The third-order valence-corrected chi connectivity index (χ3v) is 5.98. The van der Waals surface area contributed by atoms with E-state index in [1.807, 2.05) is 42.6 Å². The highest BCUT2D eigenvalue weighted by Crippen LogP contribution is 2.23. The Morgan fingerprint density at radius 1 is 1.18 bits per heavy atom. The standard InChI is InChI=1S/C18H17N7OS2/c1-10-5-3-4-6-11(10)20-17-23-13(22-16(19)24-17)9-28-18-21-12-7-8-27-14(12)15(26)25(18)2/h3-8H,9H2,1-2H3,(H3,19,20,22,23,24). The molecule has 142 valence electrons. The number of benzene rings is 1. The maximum atomic E-state index is 12.4. The topological polar surface area (TPSA) is 112 Å². The Morgan fingerprint density at radius 3 is 2.82 bits per heavy atom. The van der Waals surface area contributed by atoms with Crippen LogP contribution < -0.4 is 16.6 Å². The third kappa shape index (κ3) is 3.69. The number of anilines is 3. The van der Waals surface area contributed by atoms with Gasteiger partial charge in [0.1, 0.15) is 10.5 Å². The minimum atomic E-state index is -0.0560. The minimum Gasteiger partial charge on any atom is -0.368 e. The summed E-state index contributed by atoms with van der Waals surface area (Å²) in [5.41, 5.74) is 8.47. The molecule has 3 aromatic heterocycles. The van der Waals surface area contributed by atoms with Crippen LogP contribution in [0.2, 0.25) is 0 Å². The summed E-state index contributed by atoms with van der Waals surface area (Å²) in [6.07, 6.45) is 0. The highest BCUT2D eigenvalue weighted by atomic mass is 32.2. The molecule has 0 atom stereocenters. The van der Waals surface area contributed by atoms with E-state index in [4.69, 9.17) is 5.73 Å². The first-order valence-corrected chi connectivity index (χ1v) is 10.3. The maximum Gasteiger partial charge on any atom is 0.271 e. The summed E-state index contributed by atoms with van der Waals surface area (Å²) in [5.74, 6) is 1.43. The molecule has 8 nitrogen and oxygen atoms in total. The van der Waals surface area contributed by atoms with E-state index in [-0.39, 0.29) is 11.5 Å². The zero-order valence-corrected chi connectivity index (χ0v) is 16.8. The number of thiophene rings is 1. The number of thioether (sulfide) groups is 1. The van der Waals surface area contributed by atoms with E-state index in [0.717, 1.165) is 11.3 Å². The average Bonchev–Trinajstić information content (AvgIpc) is 3.14. The Balaban J connectivity index is 1.57. The van der Waals surface area contributed by atoms with Crippen LogP contribution in [0.15, 0.2) is 45.7 Å². The highest BCUT2D eigenvalue weighted by molar-refractivity contribution is 7.98. The molecule has 1 aromatic carbocycles. The summed E-state index contributed by atoms with van der Waals surface area (Å²) < 4.78 is 2.20. The van der Waals surface area contributed by atoms with Crippen molar-refractivity contribution in [1.29, 1.82) is 0 Å². The molecule has 0 aliphatic heterocycles. The fourth-order valence-corrected chi connectivity index (χ4v) is 4.25. The van der Waals surface area contributed by atoms with E-state index in [1.165, 1.54) is 23.1 Å². The largest absolute Gasteiger partial charge is 0.368 e. The van der Waals surface area contributed by atoms with Gasteiger partial charge in [0.2, 0.25) is 11.9 Å². The molecule has 0 aliphatic rings. The van der Waals surface area contributed by atoms with Gasteiger partial charge in [-0.3, -0.25) is 9.36 Å². The molecule has 28 heavy (non-hydrogen) atoms. The molecule has 4 rings (SSSR count). The first-order chi connectivity index (χ1) is 13.5. The number of hydrogen-bond donors (Lipinski definition) is 2. The molecule has 3 N–H and O–H groups in total. The first kappa shape index (κ1) is 18.4. The van der Waals surface area contributed by atoms with Crippen LogP contribution in [0.5, 0.6) is 0 Å². The van der Waals surface area contributed by atoms with Gasteiger partial charge in [-0.05, 0) is 30.0 Å². The van der Waals surface area contributed by atoms with Gasteiger partial charge in [0.25, 0.3) is 5.56 Å². The van der Waals surface area contributed by atoms with Crippen LogP contribution >= 0.6 is 23.1 Å². The second-order valence-corrected chi connectivity index (χ2v) is 7.91. The number of rotatable bonds is 5.